The van der Waals surface area contributed by atoms with Crippen LogP contribution in [0.1, 0.15) is 201 Å². The fourth-order valence-corrected chi connectivity index (χ4v) is 19.7. The summed E-state index contributed by atoms with van der Waals surface area (Å²) in [7, 11) is 7.74. The molecule has 0 aromatic heterocycles. The quantitative estimate of drug-likeness (QED) is 0.161. The van der Waals surface area contributed by atoms with Crippen LogP contribution in [0, 0.1) is 88.8 Å². The molecule has 19 unspecified atom stereocenters. The Labute approximate surface area is 475 Å². The topological polar surface area (TPSA) is 129 Å². The van der Waals surface area contributed by atoms with Crippen molar-refractivity contribution >= 4 is 23.6 Å². The van der Waals surface area contributed by atoms with Gasteiger partial charge in [-0.1, -0.05) is 79.1 Å². The van der Waals surface area contributed by atoms with Gasteiger partial charge in [0.15, 0.2) is 0 Å². The van der Waals surface area contributed by atoms with Crippen molar-refractivity contribution in [3.8, 4) is 0 Å². The van der Waals surface area contributed by atoms with E-state index < -0.39 is 0 Å². The molecule has 8 bridgehead atoms. The molecule has 444 valence electrons. The molecule has 4 aliphatic heterocycles. The van der Waals surface area contributed by atoms with Crippen molar-refractivity contribution in [2.24, 2.45) is 88.8 Å². The fourth-order valence-electron chi connectivity index (χ4n) is 19.7. The third-order valence-corrected chi connectivity index (χ3v) is 23.8. The molecule has 12 rings (SSSR count). The van der Waals surface area contributed by atoms with E-state index in [1.54, 1.807) is 0 Å². The minimum Gasteiger partial charge on any atom is -0.341 e. The third-order valence-electron chi connectivity index (χ3n) is 23.8. The van der Waals surface area contributed by atoms with Gasteiger partial charge in [-0.05, 0) is 239 Å². The van der Waals surface area contributed by atoms with Crippen LogP contribution in [-0.4, -0.2) is 147 Å². The van der Waals surface area contributed by atoms with Crippen LogP contribution >= 0.6 is 0 Å². The van der Waals surface area contributed by atoms with Crippen LogP contribution in [0.3, 0.4) is 0 Å². The molecule has 12 nitrogen and oxygen atoms in total. The maximum absolute atomic E-state index is 12.8. The number of likely N-dealkylation sites (tertiary alicyclic amines) is 4. The van der Waals surface area contributed by atoms with E-state index in [2.05, 4.69) is 68.6 Å². The third kappa shape index (κ3) is 14.5. The number of hydrogen-bond acceptors (Lipinski definition) is 8. The van der Waals surface area contributed by atoms with Crippen molar-refractivity contribution in [1.82, 2.24) is 40.9 Å². The Bertz CT molecular complexity index is 1920. The SMILES string of the molecule is CNC1C(=O)N(C2CC3CCCC2C3)CCCC1C.CNC1C(=O)N(CC2CC3CCC(C3)C2)CCCC1C.CNC1C(=O)N(CC2CC3CCC2C3)CCCC1C.CNC1C(=O)N(CC2CC3CCCC2C3)CCCC1C. The van der Waals surface area contributed by atoms with Crippen LogP contribution in [-0.2, 0) is 19.2 Å². The van der Waals surface area contributed by atoms with E-state index >= 15 is 0 Å². The van der Waals surface area contributed by atoms with Gasteiger partial charge >= 0.3 is 0 Å². The molecule has 12 heteroatoms. The Balaban J connectivity index is 0.000000126. The van der Waals surface area contributed by atoms with Gasteiger partial charge in [0.05, 0.1) is 24.2 Å². The smallest absolute Gasteiger partial charge is 0.240 e. The van der Waals surface area contributed by atoms with Gasteiger partial charge in [0, 0.05) is 51.9 Å². The largest absolute Gasteiger partial charge is 0.341 e. The van der Waals surface area contributed by atoms with Crippen molar-refractivity contribution in [2.45, 2.75) is 231 Å². The van der Waals surface area contributed by atoms with E-state index in [-0.39, 0.29) is 24.2 Å². The Morgan fingerprint density at radius 3 is 1.17 bits per heavy atom. The number of nitrogens with one attached hydrogen (secondary N) is 4. The first-order valence-corrected chi connectivity index (χ1v) is 33.6. The number of carbonyl (C=O) groups is 4. The lowest BCUT2D eigenvalue weighted by Gasteiger charge is -2.34. The molecule has 0 aromatic carbocycles. The van der Waals surface area contributed by atoms with Crippen LogP contribution in [0.15, 0.2) is 0 Å². The highest BCUT2D eigenvalue weighted by molar-refractivity contribution is 5.84. The Morgan fingerprint density at radius 1 is 0.346 bits per heavy atom. The fraction of sp³-hybridized carbons (Fsp3) is 0.939. The van der Waals surface area contributed by atoms with Crippen molar-refractivity contribution in [1.29, 1.82) is 0 Å². The van der Waals surface area contributed by atoms with E-state index in [4.69, 9.17) is 0 Å². The molecular formula is C66H116N8O4. The summed E-state index contributed by atoms with van der Waals surface area (Å²) in [6.45, 7) is 15.9. The number of hydrogen-bond donors (Lipinski definition) is 4. The summed E-state index contributed by atoms with van der Waals surface area (Å²) < 4.78 is 0. The van der Waals surface area contributed by atoms with Gasteiger partial charge in [-0.2, -0.15) is 0 Å². The molecule has 0 aromatic rings. The van der Waals surface area contributed by atoms with Gasteiger partial charge in [0.25, 0.3) is 0 Å². The summed E-state index contributed by atoms with van der Waals surface area (Å²) in [6.07, 6.45) is 36.1. The Hall–Kier alpha value is -2.28. The number of rotatable bonds is 11. The number of nitrogens with zero attached hydrogens (tertiary/aromatic N) is 4. The molecule has 8 saturated carbocycles. The van der Waals surface area contributed by atoms with Crippen molar-refractivity contribution < 1.29 is 19.2 Å². The molecule has 12 fully saturated rings. The average Bonchev–Trinajstić information content (AvgIpc) is 4.21. The van der Waals surface area contributed by atoms with Gasteiger partial charge in [-0.3, -0.25) is 19.2 Å². The minimum absolute atomic E-state index is 0.0396. The van der Waals surface area contributed by atoms with Gasteiger partial charge in [-0.25, -0.2) is 0 Å². The molecule has 78 heavy (non-hydrogen) atoms. The first-order chi connectivity index (χ1) is 37.7. The number of likely N-dealkylation sites (N-methyl/N-ethyl adjacent to an activating group) is 4. The molecule has 4 heterocycles. The van der Waals surface area contributed by atoms with Crippen molar-refractivity contribution in [2.75, 3.05) is 74.0 Å². The van der Waals surface area contributed by atoms with Crippen molar-refractivity contribution in [3.05, 3.63) is 0 Å². The molecule has 4 N–H and O–H groups in total. The van der Waals surface area contributed by atoms with Gasteiger partial charge in [-0.15, -0.1) is 0 Å². The molecule has 12 aliphatic rings. The number of fused-ring (bicyclic) bond motifs is 8. The maximum Gasteiger partial charge on any atom is 0.240 e. The minimum atomic E-state index is 0.0396. The van der Waals surface area contributed by atoms with Crippen LogP contribution in [0.2, 0.25) is 0 Å². The van der Waals surface area contributed by atoms with Gasteiger partial charge in [0.2, 0.25) is 23.6 Å². The van der Waals surface area contributed by atoms with E-state index in [9.17, 15) is 19.2 Å². The predicted octanol–water partition coefficient (Wildman–Crippen LogP) is 10.00. The standard InChI is InChI=1S/2C17H30N2O.2C16H28N2O/c1-12-5-4-8-19(17(20)16(12)18-2)11-15-10-13-6-3-7-14(15)9-13;1-12-4-3-7-19(17(20)16(12)18-2)11-15-9-13-5-6-14(8-13)10-15;1-11-5-4-8-18(16(19)15(11)17-2)14-10-12-6-3-7-13(14)9-12;1-11-4-3-7-18(16(19)15(11)17-2)10-14-9-12-5-6-13(14)8-12/h2*12-16,18H,3-11H2,1-2H3;2*11-15,17H,3-10H2,1-2H3. The molecule has 8 aliphatic carbocycles. The molecular weight excluding hydrogens is 969 g/mol. The molecule has 4 amide bonds. The molecule has 0 radical (unpaired) electrons. The Morgan fingerprint density at radius 2 is 0.718 bits per heavy atom. The summed E-state index contributed by atoms with van der Waals surface area (Å²) in [5.74, 6) is 13.2. The zero-order valence-corrected chi connectivity index (χ0v) is 51.0. The normalized spacial score (nSPS) is 42.4. The average molecular weight is 1090 g/mol. The van der Waals surface area contributed by atoms with Gasteiger partial charge in [0.1, 0.15) is 0 Å². The van der Waals surface area contributed by atoms with Crippen LogP contribution in [0.25, 0.3) is 0 Å². The summed E-state index contributed by atoms with van der Waals surface area (Å²) in [5, 5.41) is 13.0. The lowest BCUT2D eigenvalue weighted by molar-refractivity contribution is -0.137. The predicted molar refractivity (Wildman–Crippen MR) is 316 cm³/mol. The lowest BCUT2D eigenvalue weighted by Crippen LogP contribution is -2.51. The van der Waals surface area contributed by atoms with Crippen molar-refractivity contribution in [3.63, 3.8) is 0 Å². The summed E-state index contributed by atoms with van der Waals surface area (Å²) in [4.78, 5) is 59.7. The summed E-state index contributed by atoms with van der Waals surface area (Å²) in [5.41, 5.74) is 0. The lowest BCUT2D eigenvalue weighted by atomic mass is 9.80. The molecule has 19 atom stereocenters. The zero-order chi connectivity index (χ0) is 55.0. The first kappa shape index (κ1) is 60.3. The Kier molecular flexibility index (Phi) is 21.9. The zero-order valence-electron chi connectivity index (χ0n) is 51.0. The van der Waals surface area contributed by atoms with Gasteiger partial charge < -0.3 is 40.9 Å². The highest BCUT2D eigenvalue weighted by Gasteiger charge is 2.46. The number of carbonyl (C=O) groups excluding carboxylic acids is 4. The highest BCUT2D eigenvalue weighted by Crippen LogP contribution is 2.50. The second-order valence-electron chi connectivity index (χ2n) is 29.1. The highest BCUT2D eigenvalue weighted by atomic mass is 16.2. The second kappa shape index (κ2) is 28.3. The molecule has 4 saturated heterocycles. The maximum atomic E-state index is 12.8. The summed E-state index contributed by atoms with van der Waals surface area (Å²) in [6, 6.07) is 0.723. The molecule has 0 spiro atoms. The van der Waals surface area contributed by atoms with E-state index in [0.717, 1.165) is 111 Å². The van der Waals surface area contributed by atoms with E-state index in [0.29, 0.717) is 53.3 Å². The number of amides is 4. The van der Waals surface area contributed by atoms with E-state index in [1.807, 2.05) is 28.2 Å². The van der Waals surface area contributed by atoms with Crippen LogP contribution in [0.5, 0.6) is 0 Å². The van der Waals surface area contributed by atoms with Crippen LogP contribution < -0.4 is 21.3 Å². The van der Waals surface area contributed by atoms with Crippen LogP contribution in [0.4, 0.5) is 0 Å². The monoisotopic (exact) mass is 1080 g/mol. The second-order valence-corrected chi connectivity index (χ2v) is 29.1. The summed E-state index contributed by atoms with van der Waals surface area (Å²) >= 11 is 0. The first-order valence-electron chi connectivity index (χ1n) is 33.6. The van der Waals surface area contributed by atoms with E-state index in [1.165, 1.54) is 173 Å².